The van der Waals surface area contributed by atoms with Gasteiger partial charge in [0.25, 0.3) is 0 Å². The molecule has 1 N–H and O–H groups in total. The molecule has 0 saturated heterocycles. The predicted octanol–water partition coefficient (Wildman–Crippen LogP) is 1.86. The van der Waals surface area contributed by atoms with E-state index in [-0.39, 0.29) is 0 Å². The third-order valence-electron chi connectivity index (χ3n) is 2.62. The smallest absolute Gasteiger partial charge is 0.159 e. The fraction of sp³-hybridized carbons (Fsp3) is 0.462. The van der Waals surface area contributed by atoms with Crippen LogP contribution in [0.3, 0.4) is 0 Å². The first-order valence-corrected chi connectivity index (χ1v) is 6.28. The Balaban J connectivity index is 2.46. The van der Waals surface area contributed by atoms with Gasteiger partial charge in [0.1, 0.15) is 12.4 Å². The minimum Gasteiger partial charge on any atom is -0.377 e. The molecule has 6 heteroatoms. The largest absolute Gasteiger partial charge is 0.377 e. The molecule has 19 heavy (non-hydrogen) atoms. The molecule has 0 aliphatic rings. The van der Waals surface area contributed by atoms with E-state index in [4.69, 9.17) is 4.74 Å². The summed E-state index contributed by atoms with van der Waals surface area (Å²) in [5.74, 6) is 2.18. The quantitative estimate of drug-likeness (QED) is 0.890. The van der Waals surface area contributed by atoms with E-state index in [0.717, 1.165) is 29.6 Å². The number of rotatable bonds is 5. The Labute approximate surface area is 112 Å². The highest BCUT2D eigenvalue weighted by Gasteiger charge is 2.09. The van der Waals surface area contributed by atoms with E-state index < -0.39 is 0 Å². The van der Waals surface area contributed by atoms with Gasteiger partial charge in [0.15, 0.2) is 11.6 Å². The Kier molecular flexibility index (Phi) is 4.11. The fourth-order valence-corrected chi connectivity index (χ4v) is 1.92. The summed E-state index contributed by atoms with van der Waals surface area (Å²) < 4.78 is 6.92. The zero-order valence-corrected chi connectivity index (χ0v) is 11.8. The molecule has 2 rings (SSSR count). The van der Waals surface area contributed by atoms with Gasteiger partial charge in [0.05, 0.1) is 5.69 Å². The summed E-state index contributed by atoms with van der Waals surface area (Å²) in [7, 11) is 1.63. The second kappa shape index (κ2) is 5.79. The molecule has 0 bridgehead atoms. The number of hydrogen-bond acceptors (Lipinski definition) is 5. The lowest BCUT2D eigenvalue weighted by molar-refractivity contribution is 0.178. The van der Waals surface area contributed by atoms with Gasteiger partial charge in [-0.3, -0.25) is 0 Å². The highest BCUT2D eigenvalue weighted by atomic mass is 16.5. The van der Waals surface area contributed by atoms with Crippen LogP contribution in [0.1, 0.15) is 24.1 Å². The standard InChI is InChI=1S/C13H19N5O/c1-5-14-11-7-13(16-12(15-11)8-19-4)18-10(3)6-9(2)17-18/h6-7H,5,8H2,1-4H3,(H,14,15,16). The Bertz CT molecular complexity index is 540. The molecule has 2 aromatic heterocycles. The third kappa shape index (κ3) is 3.08. The number of nitrogens with zero attached hydrogens (tertiary/aromatic N) is 4. The lowest BCUT2D eigenvalue weighted by Crippen LogP contribution is -2.10. The zero-order valence-electron chi connectivity index (χ0n) is 11.8. The second-order valence-corrected chi connectivity index (χ2v) is 4.33. The predicted molar refractivity (Wildman–Crippen MR) is 73.5 cm³/mol. The van der Waals surface area contributed by atoms with Gasteiger partial charge >= 0.3 is 0 Å². The molecule has 0 fully saturated rings. The molecular formula is C13H19N5O. The maximum atomic E-state index is 5.10. The van der Waals surface area contributed by atoms with E-state index in [1.807, 2.05) is 37.6 Å². The van der Waals surface area contributed by atoms with E-state index >= 15 is 0 Å². The van der Waals surface area contributed by atoms with Crippen molar-refractivity contribution in [3.63, 3.8) is 0 Å². The van der Waals surface area contributed by atoms with Gasteiger partial charge in [-0.25, -0.2) is 14.6 Å². The zero-order chi connectivity index (χ0) is 13.8. The number of nitrogens with one attached hydrogen (secondary N) is 1. The van der Waals surface area contributed by atoms with Crippen LogP contribution in [0.15, 0.2) is 12.1 Å². The van der Waals surface area contributed by atoms with E-state index in [0.29, 0.717) is 12.4 Å². The minimum absolute atomic E-state index is 0.380. The van der Waals surface area contributed by atoms with Crippen molar-refractivity contribution in [2.24, 2.45) is 0 Å². The molecule has 0 radical (unpaired) electrons. The van der Waals surface area contributed by atoms with Crippen LogP contribution in [0.5, 0.6) is 0 Å². The highest BCUT2D eigenvalue weighted by molar-refractivity contribution is 5.42. The fourth-order valence-electron chi connectivity index (χ4n) is 1.92. The maximum absolute atomic E-state index is 5.10. The van der Waals surface area contributed by atoms with Crippen molar-refractivity contribution in [1.82, 2.24) is 19.7 Å². The molecule has 0 saturated carbocycles. The molecule has 2 heterocycles. The van der Waals surface area contributed by atoms with Crippen LogP contribution < -0.4 is 5.32 Å². The van der Waals surface area contributed by atoms with Gasteiger partial charge in [0, 0.05) is 25.4 Å². The Hall–Kier alpha value is -1.95. The van der Waals surface area contributed by atoms with Gasteiger partial charge in [-0.05, 0) is 26.8 Å². The number of methoxy groups -OCH3 is 1. The van der Waals surface area contributed by atoms with E-state index in [1.54, 1.807) is 7.11 Å². The van der Waals surface area contributed by atoms with Gasteiger partial charge in [-0.15, -0.1) is 0 Å². The second-order valence-electron chi connectivity index (χ2n) is 4.33. The number of aryl methyl sites for hydroxylation is 2. The van der Waals surface area contributed by atoms with Crippen LogP contribution in [0.25, 0.3) is 5.82 Å². The van der Waals surface area contributed by atoms with Crippen molar-refractivity contribution in [3.8, 4) is 5.82 Å². The molecule has 102 valence electrons. The van der Waals surface area contributed by atoms with Gasteiger partial charge in [0.2, 0.25) is 0 Å². The van der Waals surface area contributed by atoms with Crippen LogP contribution in [0, 0.1) is 13.8 Å². The highest BCUT2D eigenvalue weighted by Crippen LogP contribution is 2.14. The van der Waals surface area contributed by atoms with E-state index in [2.05, 4.69) is 20.4 Å². The van der Waals surface area contributed by atoms with E-state index in [9.17, 15) is 0 Å². The van der Waals surface area contributed by atoms with Crippen molar-refractivity contribution in [2.75, 3.05) is 19.0 Å². The lowest BCUT2D eigenvalue weighted by atomic mass is 10.4. The molecule has 0 aromatic carbocycles. The summed E-state index contributed by atoms with van der Waals surface area (Å²) in [5, 5.41) is 7.64. The molecular weight excluding hydrogens is 242 g/mol. The summed E-state index contributed by atoms with van der Waals surface area (Å²) >= 11 is 0. The number of ether oxygens (including phenoxy) is 1. The molecule has 0 unspecified atom stereocenters. The van der Waals surface area contributed by atoms with Gasteiger partial charge in [-0.2, -0.15) is 5.10 Å². The van der Waals surface area contributed by atoms with Crippen LogP contribution in [-0.4, -0.2) is 33.4 Å². The average Bonchev–Trinajstić information content (AvgIpc) is 2.69. The summed E-state index contributed by atoms with van der Waals surface area (Å²) in [6.45, 7) is 7.18. The van der Waals surface area contributed by atoms with Crippen molar-refractivity contribution in [2.45, 2.75) is 27.4 Å². The topological polar surface area (TPSA) is 64.9 Å². The Morgan fingerprint density at radius 3 is 2.63 bits per heavy atom. The first-order chi connectivity index (χ1) is 9.13. The molecule has 2 aromatic rings. The number of aromatic nitrogens is 4. The van der Waals surface area contributed by atoms with Crippen LogP contribution in [-0.2, 0) is 11.3 Å². The molecule has 0 amide bonds. The number of anilines is 1. The van der Waals surface area contributed by atoms with Crippen LogP contribution in [0.2, 0.25) is 0 Å². The molecule has 0 aliphatic heterocycles. The number of hydrogen-bond donors (Lipinski definition) is 1. The summed E-state index contributed by atoms with van der Waals surface area (Å²) in [5.41, 5.74) is 2.01. The summed E-state index contributed by atoms with van der Waals surface area (Å²) in [6, 6.07) is 3.91. The van der Waals surface area contributed by atoms with Crippen LogP contribution in [0.4, 0.5) is 5.82 Å². The Morgan fingerprint density at radius 2 is 2.05 bits per heavy atom. The SMILES string of the molecule is CCNc1cc(-n2nc(C)cc2C)nc(COC)n1. The summed E-state index contributed by atoms with van der Waals surface area (Å²) in [6.07, 6.45) is 0. The molecule has 0 aliphatic carbocycles. The lowest BCUT2D eigenvalue weighted by Gasteiger charge is -2.09. The summed E-state index contributed by atoms with van der Waals surface area (Å²) in [4.78, 5) is 8.86. The molecule has 0 atom stereocenters. The van der Waals surface area contributed by atoms with Crippen molar-refractivity contribution >= 4 is 5.82 Å². The first kappa shape index (κ1) is 13.5. The Morgan fingerprint density at radius 1 is 1.26 bits per heavy atom. The van der Waals surface area contributed by atoms with Gasteiger partial charge < -0.3 is 10.1 Å². The maximum Gasteiger partial charge on any atom is 0.159 e. The van der Waals surface area contributed by atoms with Crippen molar-refractivity contribution in [1.29, 1.82) is 0 Å². The van der Waals surface area contributed by atoms with Gasteiger partial charge in [-0.1, -0.05) is 0 Å². The third-order valence-corrected chi connectivity index (χ3v) is 2.62. The normalized spacial score (nSPS) is 10.7. The first-order valence-electron chi connectivity index (χ1n) is 6.28. The van der Waals surface area contributed by atoms with Crippen molar-refractivity contribution in [3.05, 3.63) is 29.3 Å². The van der Waals surface area contributed by atoms with E-state index in [1.165, 1.54) is 0 Å². The monoisotopic (exact) mass is 261 g/mol. The molecule has 6 nitrogen and oxygen atoms in total. The minimum atomic E-state index is 0.380. The molecule has 0 spiro atoms. The van der Waals surface area contributed by atoms with Crippen molar-refractivity contribution < 1.29 is 4.74 Å². The van der Waals surface area contributed by atoms with Crippen LogP contribution >= 0.6 is 0 Å². The average molecular weight is 261 g/mol.